The maximum absolute atomic E-state index is 12.3. The van der Waals surface area contributed by atoms with Crippen molar-refractivity contribution in [2.24, 2.45) is 5.92 Å². The number of nitrogens with one attached hydrogen (secondary N) is 1. The zero-order chi connectivity index (χ0) is 15.9. The average Bonchev–Trinajstić information content (AvgIpc) is 2.47. The largest absolute Gasteiger partial charge is 0.392 e. The Bertz CT molecular complexity index is 546. The minimum absolute atomic E-state index is 0.110. The van der Waals surface area contributed by atoms with Crippen LogP contribution in [-0.2, 0) is 16.6 Å². The molecule has 0 fully saturated rings. The summed E-state index contributed by atoms with van der Waals surface area (Å²) in [4.78, 5) is 0.213. The van der Waals surface area contributed by atoms with E-state index in [4.69, 9.17) is 5.11 Å². The highest BCUT2D eigenvalue weighted by atomic mass is 79.9. The highest BCUT2D eigenvalue weighted by molar-refractivity contribution is 9.10. The monoisotopic (exact) mass is 377 g/mol. The molecule has 0 saturated carbocycles. The highest BCUT2D eigenvalue weighted by Crippen LogP contribution is 2.23. The topological polar surface area (TPSA) is 66.4 Å². The molecule has 4 nitrogen and oxygen atoms in total. The molecule has 0 bridgehead atoms. The van der Waals surface area contributed by atoms with Crippen LogP contribution in [0.15, 0.2) is 27.6 Å². The van der Waals surface area contributed by atoms with E-state index in [0.717, 1.165) is 25.7 Å². The van der Waals surface area contributed by atoms with Crippen LogP contribution in [0.2, 0.25) is 0 Å². The van der Waals surface area contributed by atoms with Crippen molar-refractivity contribution in [2.75, 3.05) is 6.54 Å². The van der Waals surface area contributed by atoms with Crippen molar-refractivity contribution < 1.29 is 13.5 Å². The Morgan fingerprint density at radius 1 is 1.33 bits per heavy atom. The summed E-state index contributed by atoms with van der Waals surface area (Å²) in [5, 5.41) is 9.06. The lowest BCUT2D eigenvalue weighted by molar-refractivity contribution is 0.281. The lowest BCUT2D eigenvalue weighted by Gasteiger charge is -2.16. The molecule has 2 N–H and O–H groups in total. The maximum atomic E-state index is 12.3. The van der Waals surface area contributed by atoms with Crippen molar-refractivity contribution in [3.63, 3.8) is 0 Å². The highest BCUT2D eigenvalue weighted by Gasteiger charge is 2.19. The number of aliphatic hydroxyl groups excluding tert-OH is 1. The van der Waals surface area contributed by atoms with Gasteiger partial charge in [0.2, 0.25) is 10.0 Å². The van der Waals surface area contributed by atoms with Gasteiger partial charge in [0.05, 0.1) is 11.5 Å². The zero-order valence-corrected chi connectivity index (χ0v) is 15.0. The van der Waals surface area contributed by atoms with Crippen molar-refractivity contribution in [3.05, 3.63) is 28.2 Å². The third-order valence-electron chi connectivity index (χ3n) is 3.57. The van der Waals surface area contributed by atoms with Gasteiger partial charge in [-0.25, -0.2) is 13.1 Å². The second-order valence-corrected chi connectivity index (χ2v) is 7.78. The maximum Gasteiger partial charge on any atom is 0.241 e. The van der Waals surface area contributed by atoms with Crippen LogP contribution in [0.4, 0.5) is 0 Å². The van der Waals surface area contributed by atoms with E-state index in [-0.39, 0.29) is 11.5 Å². The third-order valence-corrected chi connectivity index (χ3v) is 5.97. The Morgan fingerprint density at radius 2 is 2.05 bits per heavy atom. The van der Waals surface area contributed by atoms with E-state index in [1.807, 2.05) is 0 Å². The Morgan fingerprint density at radius 3 is 2.57 bits per heavy atom. The third kappa shape index (κ3) is 5.70. The molecule has 1 unspecified atom stereocenters. The molecule has 0 spiro atoms. The van der Waals surface area contributed by atoms with Crippen LogP contribution in [0.5, 0.6) is 0 Å². The van der Waals surface area contributed by atoms with Crippen molar-refractivity contribution in [2.45, 2.75) is 51.0 Å². The smallest absolute Gasteiger partial charge is 0.241 e. The van der Waals surface area contributed by atoms with Gasteiger partial charge in [-0.2, -0.15) is 0 Å². The number of rotatable bonds is 9. The molecule has 0 radical (unpaired) electrons. The number of halogens is 1. The van der Waals surface area contributed by atoms with Gasteiger partial charge < -0.3 is 5.11 Å². The average molecular weight is 378 g/mol. The number of unbranched alkanes of at least 4 members (excludes halogenated alkanes) is 1. The molecule has 0 aliphatic carbocycles. The van der Waals surface area contributed by atoms with Crippen molar-refractivity contribution in [1.82, 2.24) is 4.72 Å². The number of hydrogen-bond acceptors (Lipinski definition) is 3. The van der Waals surface area contributed by atoms with Gasteiger partial charge in [-0.15, -0.1) is 0 Å². The van der Waals surface area contributed by atoms with Crippen LogP contribution in [-0.4, -0.2) is 20.1 Å². The number of aliphatic hydroxyl groups is 1. The van der Waals surface area contributed by atoms with E-state index < -0.39 is 10.0 Å². The SMILES string of the molecule is CCCCC(CC)CNS(=O)(=O)c1ccc(CO)cc1Br. The quantitative estimate of drug-likeness (QED) is 0.692. The van der Waals surface area contributed by atoms with Crippen LogP contribution >= 0.6 is 15.9 Å². The molecule has 1 atom stereocenters. The Balaban J connectivity index is 2.77. The summed E-state index contributed by atoms with van der Waals surface area (Å²) in [5.74, 6) is 0.371. The minimum atomic E-state index is -3.52. The first-order chi connectivity index (χ1) is 9.94. The molecule has 6 heteroatoms. The Hall–Kier alpha value is -0.430. The minimum Gasteiger partial charge on any atom is -0.392 e. The van der Waals surface area contributed by atoms with Gasteiger partial charge in [0.15, 0.2) is 0 Å². The number of benzene rings is 1. The van der Waals surface area contributed by atoms with Crippen LogP contribution in [0.3, 0.4) is 0 Å². The first-order valence-corrected chi connectivity index (χ1v) is 9.61. The number of sulfonamides is 1. The normalized spacial score (nSPS) is 13.3. The van der Waals surface area contributed by atoms with Gasteiger partial charge in [0, 0.05) is 11.0 Å². The summed E-state index contributed by atoms with van der Waals surface area (Å²) in [7, 11) is -3.52. The summed E-state index contributed by atoms with van der Waals surface area (Å²) in [6.45, 7) is 4.58. The first-order valence-electron chi connectivity index (χ1n) is 7.33. The molecule has 0 aliphatic heterocycles. The lowest BCUT2D eigenvalue weighted by Crippen LogP contribution is -2.29. The molecule has 0 saturated heterocycles. The van der Waals surface area contributed by atoms with Crippen molar-refractivity contribution >= 4 is 26.0 Å². The van der Waals surface area contributed by atoms with Gasteiger partial charge in [-0.05, 0) is 46.0 Å². The van der Waals surface area contributed by atoms with Crippen molar-refractivity contribution in [3.8, 4) is 0 Å². The fourth-order valence-corrected chi connectivity index (χ4v) is 4.35. The fraction of sp³-hybridized carbons (Fsp3) is 0.600. The van der Waals surface area contributed by atoms with E-state index in [2.05, 4.69) is 34.5 Å². The molecular weight excluding hydrogens is 354 g/mol. The molecule has 1 aromatic rings. The molecule has 120 valence electrons. The summed E-state index contributed by atoms with van der Waals surface area (Å²) in [5.41, 5.74) is 0.676. The zero-order valence-electron chi connectivity index (χ0n) is 12.6. The second kappa shape index (κ2) is 8.88. The summed E-state index contributed by atoms with van der Waals surface area (Å²) >= 11 is 3.26. The Labute approximate surface area is 136 Å². The van der Waals surface area contributed by atoms with Gasteiger partial charge in [-0.1, -0.05) is 39.2 Å². The predicted octanol–water partition coefficient (Wildman–Crippen LogP) is 3.44. The summed E-state index contributed by atoms with van der Waals surface area (Å²) < 4.78 is 27.9. The van der Waals surface area contributed by atoms with E-state index in [9.17, 15) is 8.42 Å². The van der Waals surface area contributed by atoms with Crippen LogP contribution < -0.4 is 4.72 Å². The van der Waals surface area contributed by atoms with Crippen LogP contribution in [0.1, 0.15) is 45.1 Å². The molecular formula is C15H24BrNO3S. The molecule has 21 heavy (non-hydrogen) atoms. The second-order valence-electron chi connectivity index (χ2n) is 5.19. The van der Waals surface area contributed by atoms with E-state index in [1.54, 1.807) is 12.1 Å². The summed E-state index contributed by atoms with van der Waals surface area (Å²) in [6.07, 6.45) is 4.25. The predicted molar refractivity (Wildman–Crippen MR) is 88.6 cm³/mol. The molecule has 0 aliphatic rings. The standard InChI is InChI=1S/C15H24BrNO3S/c1-3-5-6-12(4-2)10-17-21(19,20)15-8-7-13(11-18)9-14(15)16/h7-9,12,17-18H,3-6,10-11H2,1-2H3. The molecule has 1 aromatic carbocycles. The van der Waals surface area contributed by atoms with Gasteiger partial charge in [0.1, 0.15) is 0 Å². The van der Waals surface area contributed by atoms with Gasteiger partial charge >= 0.3 is 0 Å². The van der Waals surface area contributed by atoms with Crippen molar-refractivity contribution in [1.29, 1.82) is 0 Å². The van der Waals surface area contributed by atoms with Gasteiger partial charge in [0.25, 0.3) is 0 Å². The molecule has 1 rings (SSSR count). The molecule has 0 heterocycles. The molecule has 0 amide bonds. The number of hydrogen-bond donors (Lipinski definition) is 2. The fourth-order valence-electron chi connectivity index (χ4n) is 2.11. The molecule has 0 aromatic heterocycles. The first kappa shape index (κ1) is 18.6. The summed E-state index contributed by atoms with van der Waals surface area (Å²) in [6, 6.07) is 4.77. The van der Waals surface area contributed by atoms with Crippen LogP contribution in [0, 0.1) is 5.92 Å². The lowest BCUT2D eigenvalue weighted by atomic mass is 10.00. The van der Waals surface area contributed by atoms with Gasteiger partial charge in [-0.3, -0.25) is 0 Å². The van der Waals surface area contributed by atoms with Crippen LogP contribution in [0.25, 0.3) is 0 Å². The van der Waals surface area contributed by atoms with E-state index in [0.29, 0.717) is 22.5 Å². The van der Waals surface area contributed by atoms with E-state index in [1.165, 1.54) is 6.07 Å². The Kier molecular flexibility index (Phi) is 7.87. The van der Waals surface area contributed by atoms with E-state index >= 15 is 0 Å².